The van der Waals surface area contributed by atoms with Gasteiger partial charge in [-0.25, -0.2) is 19.2 Å². The summed E-state index contributed by atoms with van der Waals surface area (Å²) in [6.45, 7) is 9.44. The van der Waals surface area contributed by atoms with Crippen molar-refractivity contribution < 1.29 is 101 Å². The van der Waals surface area contributed by atoms with Crippen LogP contribution in [-0.2, 0) is 97.6 Å². The Balaban J connectivity index is 0.710. The zero-order valence-corrected chi connectivity index (χ0v) is 67.3. The molecule has 116 heavy (non-hydrogen) atoms. The molecule has 0 spiro atoms. The average Bonchev–Trinajstić information content (AvgIpc) is 1.57. The maximum Gasteiger partial charge on any atom is 0.411 e. The molecule has 4 aromatic carbocycles. The summed E-state index contributed by atoms with van der Waals surface area (Å²) in [6, 6.07) is 22.5. The van der Waals surface area contributed by atoms with Gasteiger partial charge in [-0.3, -0.25) is 44.7 Å². The fourth-order valence-electron chi connectivity index (χ4n) is 13.1. The summed E-state index contributed by atoms with van der Waals surface area (Å²) >= 11 is 6.79. The Morgan fingerprint density at radius 2 is 1.42 bits per heavy atom. The molecule has 14 N–H and O–H groups in total. The number of aliphatic hydroxyl groups excluding tert-OH is 1. The highest BCUT2D eigenvalue weighted by atomic mass is 35.5. The van der Waals surface area contributed by atoms with Gasteiger partial charge in [-0.15, -0.1) is 0 Å². The van der Waals surface area contributed by atoms with Gasteiger partial charge in [0.25, 0.3) is 0 Å². The third kappa shape index (κ3) is 27.2. The number of hydrogen-bond acceptors (Lipinski definition) is 23. The van der Waals surface area contributed by atoms with Crippen molar-refractivity contribution in [2.75, 3.05) is 96.9 Å². The van der Waals surface area contributed by atoms with Gasteiger partial charge in [0.1, 0.15) is 47.8 Å². The van der Waals surface area contributed by atoms with Crippen LogP contribution in [0.1, 0.15) is 125 Å². The van der Waals surface area contributed by atoms with E-state index in [0.29, 0.717) is 68.9 Å². The number of amides is 10. The molecular formula is C82H109ClN12O21. The molecule has 0 saturated carbocycles. The Hall–Kier alpha value is -10.3. The number of aliphatic hydroxyl groups is 2. The van der Waals surface area contributed by atoms with Crippen LogP contribution in [0.2, 0.25) is 5.02 Å². The average molecular weight is 1630 g/mol. The number of halogens is 1. The lowest BCUT2D eigenvalue weighted by atomic mass is 9.86. The highest BCUT2D eigenvalue weighted by Gasteiger charge is 2.66. The number of rotatable bonds is 38. The van der Waals surface area contributed by atoms with Crippen LogP contribution in [0.25, 0.3) is 0 Å². The summed E-state index contributed by atoms with van der Waals surface area (Å²) in [6.07, 6.45) is -2.49. The number of unbranched alkanes of at least 4 members (excludes halogenated alkanes) is 2. The number of methoxy groups -OCH3 is 1. The lowest BCUT2D eigenvalue weighted by Gasteiger charge is -2.41. The number of anilines is 2. The largest absolute Gasteiger partial charge is 0.495 e. The van der Waals surface area contributed by atoms with Gasteiger partial charge in [-0.05, 0) is 97.5 Å². The minimum Gasteiger partial charge on any atom is -0.495 e. The van der Waals surface area contributed by atoms with E-state index in [4.69, 9.17) is 71.4 Å². The number of carbonyl (C=O) groups is 10. The molecule has 10 amide bonds. The predicted molar refractivity (Wildman–Crippen MR) is 426 cm³/mol. The monoisotopic (exact) mass is 1630 g/mol. The van der Waals surface area contributed by atoms with Gasteiger partial charge in [0.15, 0.2) is 23.7 Å². The van der Waals surface area contributed by atoms with Crippen molar-refractivity contribution in [3.63, 3.8) is 0 Å². The van der Waals surface area contributed by atoms with E-state index >= 15 is 0 Å². The number of esters is 1. The van der Waals surface area contributed by atoms with Gasteiger partial charge in [-0.2, -0.15) is 0 Å². The third-order valence-corrected chi connectivity index (χ3v) is 20.3. The number of hydrogen-bond donors (Lipinski definition) is 11. The molecule has 34 heteroatoms. The topological polar surface area (TPSA) is 457 Å². The molecule has 630 valence electrons. The van der Waals surface area contributed by atoms with Crippen LogP contribution in [-0.4, -0.2) is 216 Å². The Morgan fingerprint density at radius 3 is 2.10 bits per heavy atom. The first-order valence-corrected chi connectivity index (χ1v) is 39.1. The van der Waals surface area contributed by atoms with Gasteiger partial charge >= 0.3 is 24.2 Å². The van der Waals surface area contributed by atoms with Crippen molar-refractivity contribution in [3.8, 4) is 17.6 Å². The minimum absolute atomic E-state index is 0.0173. The van der Waals surface area contributed by atoms with Gasteiger partial charge in [0, 0.05) is 76.5 Å². The van der Waals surface area contributed by atoms with Crippen LogP contribution in [0.3, 0.4) is 0 Å². The fourth-order valence-corrected chi connectivity index (χ4v) is 13.4. The summed E-state index contributed by atoms with van der Waals surface area (Å²) in [7, 11) is 4.03. The van der Waals surface area contributed by atoms with Crippen LogP contribution in [0, 0.1) is 23.7 Å². The number of alkyl carbamates (subject to hydrolysis) is 1. The van der Waals surface area contributed by atoms with Gasteiger partial charge in [0.05, 0.1) is 84.3 Å². The van der Waals surface area contributed by atoms with Crippen molar-refractivity contribution in [2.45, 2.75) is 172 Å². The highest BCUT2D eigenvalue weighted by molar-refractivity contribution is 6.35. The number of ether oxygens (including phenoxy) is 9. The van der Waals surface area contributed by atoms with Crippen LogP contribution in [0.5, 0.6) is 5.75 Å². The zero-order valence-electron chi connectivity index (χ0n) is 66.6. The Kier molecular flexibility index (Phi) is 35.2. The highest BCUT2D eigenvalue weighted by Crippen LogP contribution is 2.46. The first kappa shape index (κ1) is 91.3. The molecule has 10 atom stereocenters. The second-order valence-corrected chi connectivity index (χ2v) is 29.5. The number of nitrogens with zero attached hydrogens (tertiary/aromatic N) is 3. The maximum atomic E-state index is 14.4. The quantitative estimate of drug-likeness (QED) is 0.00728. The molecule has 0 radical (unpaired) electrons. The lowest BCUT2D eigenvalue weighted by Crippen LogP contribution is -2.63. The third-order valence-electron chi connectivity index (χ3n) is 20.0. The van der Waals surface area contributed by atoms with Crippen LogP contribution >= 0.6 is 11.6 Å². The first-order chi connectivity index (χ1) is 55.5. The van der Waals surface area contributed by atoms with E-state index in [0.717, 1.165) is 45.7 Å². The minimum atomic E-state index is -2.20. The van der Waals surface area contributed by atoms with Crippen LogP contribution < -0.4 is 63.6 Å². The number of nitrogens with one attached hydrogen (secondary N) is 6. The normalized spacial score (nSPS) is 21.2. The van der Waals surface area contributed by atoms with Crippen LogP contribution in [0.15, 0.2) is 109 Å². The molecular weight excluding hydrogens is 1520 g/mol. The maximum absolute atomic E-state index is 14.4. The molecule has 2 fully saturated rings. The lowest BCUT2D eigenvalue weighted by molar-refractivity contribution is -0.159. The zero-order chi connectivity index (χ0) is 84.1. The predicted octanol–water partition coefficient (Wildman–Crippen LogP) is 4.62. The summed E-state index contributed by atoms with van der Waals surface area (Å²) in [5, 5.41) is 38.8. The molecule has 2 saturated heterocycles. The molecule has 0 unspecified atom stereocenters. The summed E-state index contributed by atoms with van der Waals surface area (Å²) in [4.78, 5) is 137. The number of nitrogens with two attached hydrogens (primary N) is 3. The van der Waals surface area contributed by atoms with Gasteiger partial charge in [0.2, 0.25) is 35.4 Å². The Labute approximate surface area is 679 Å². The smallest absolute Gasteiger partial charge is 0.411 e. The summed E-state index contributed by atoms with van der Waals surface area (Å²) in [5.41, 5.74) is 20.6. The van der Waals surface area contributed by atoms with E-state index in [1.807, 2.05) is 60.4 Å². The summed E-state index contributed by atoms with van der Waals surface area (Å²) in [5.74, 6) is 1.81. The standard InChI is InChI=1S/C82H109ClN12O21/c1-51(2)72(91-68(98)32-36-110-38-40-112-42-41-111-39-37-109-35-31-67(97)87-33-14-8-9-24-69(99)95-49-59-20-11-10-18-57(59)29-30-58-19-12-13-22-61(58)95)76(102)90-60(21-16-34-88-78(85)104)75(101)89-48-54-25-27-55(28-26-54)50-113-80(106)94(6)74(84)77(103)115-66-46-70(100)93(5)62-44-56(45-63(108-7)71(62)83)43-52(3)17-15-23-65(96)81(107)47-64(114-79(105)92-81)53(4)73-82(66,86)116-73/h10-13,15,17-20,22-23,25-28,44-45,51,53,60,64-66,72-74,96,107H,8-9,14,16,21,24,31-43,46-50,84,86H2,1-7H3,(H,87,97)(H,89,101)(H,90,102)(H,91,98)(H,92,105)(H3,85,88,104)/b23-15+,52-17+/t53-,60+,64+,65-,66+,72+,73+,74-,81+,82+/m1/s1. The number of urea groups is 1. The Bertz CT molecular complexity index is 4200. The fraction of sp³-hybridized carbons (Fsp3) is 0.512. The number of fused-ring (bicyclic) bond motifs is 7. The van der Waals surface area contributed by atoms with E-state index in [2.05, 4.69) is 43.7 Å². The van der Waals surface area contributed by atoms with E-state index in [-0.39, 0.29) is 113 Å². The SMILES string of the molecule is COc1cc2cc(c1Cl)N(C)C(=O)C[C@H](OC(=O)[C@H](N)N(C)C(=O)OCc1ccc(CNC(=O)[C@H](CCCNC(N)=O)NC(=O)[C@@H](NC(=O)CCOCCOCCOCCOCCC(=O)NCCCCCC(=O)N3Cc4ccccc4C#Cc4ccccc43)C(C)C)cc1)[C@]1(N)O[C@H]1[C@H](C)[C@@H]1C[C@@](O)(NC(=O)O1)[C@H](O)/C=C/C=C(\C)C2. The van der Waals surface area contributed by atoms with Gasteiger partial charge < -0.3 is 101 Å². The van der Waals surface area contributed by atoms with E-state index in [9.17, 15) is 58.2 Å². The van der Waals surface area contributed by atoms with Crippen molar-refractivity contribution in [1.29, 1.82) is 0 Å². The molecule has 33 nitrogen and oxygen atoms in total. The molecule has 8 rings (SSSR count). The molecule has 0 aromatic heterocycles. The number of primary amides is 1. The number of allylic oxidation sites excluding steroid dienone is 3. The van der Waals surface area contributed by atoms with E-state index in [1.165, 1.54) is 38.3 Å². The van der Waals surface area contributed by atoms with Gasteiger partial charge in [-0.1, -0.05) is 129 Å². The molecule has 4 bridgehead atoms. The van der Waals surface area contributed by atoms with E-state index in [1.54, 1.807) is 63.2 Å². The first-order valence-electron chi connectivity index (χ1n) is 38.7. The number of para-hydroxylation sites is 1. The number of likely N-dealkylation sites (N-methyl/N-ethyl adjacent to an activating group) is 1. The number of epoxide rings is 1. The summed E-state index contributed by atoms with van der Waals surface area (Å²) < 4.78 is 50.8. The number of benzene rings is 4. The molecule has 0 aliphatic carbocycles. The second-order valence-electron chi connectivity index (χ2n) is 29.1. The van der Waals surface area contributed by atoms with Crippen LogP contribution in [0.4, 0.5) is 25.8 Å². The van der Waals surface area contributed by atoms with Crippen molar-refractivity contribution in [3.05, 3.63) is 147 Å². The Morgan fingerprint density at radius 1 is 0.784 bits per heavy atom. The van der Waals surface area contributed by atoms with E-state index < -0.39 is 120 Å². The molecule has 4 heterocycles. The van der Waals surface area contributed by atoms with Crippen molar-refractivity contribution >= 4 is 82.6 Å². The molecule has 4 aliphatic heterocycles. The molecule has 4 aromatic rings. The van der Waals surface area contributed by atoms with Crippen molar-refractivity contribution in [2.24, 2.45) is 29.0 Å². The number of carbonyl (C=O) groups excluding carboxylic acids is 10. The molecule has 4 aliphatic rings. The van der Waals surface area contributed by atoms with Crippen molar-refractivity contribution in [1.82, 2.24) is 36.8 Å². The second kappa shape index (κ2) is 44.7.